The van der Waals surface area contributed by atoms with E-state index in [0.29, 0.717) is 4.34 Å². The minimum absolute atomic E-state index is 0.0199. The quantitative estimate of drug-likeness (QED) is 0.807. The molecule has 0 aliphatic carbocycles. The van der Waals surface area contributed by atoms with Gasteiger partial charge < -0.3 is 11.1 Å². The second-order valence-electron chi connectivity index (χ2n) is 3.94. The number of hydrogen-bond donors (Lipinski definition) is 2. The molecule has 0 aliphatic heterocycles. The van der Waals surface area contributed by atoms with E-state index in [1.165, 1.54) is 0 Å². The molecule has 0 aliphatic rings. The summed E-state index contributed by atoms with van der Waals surface area (Å²) in [6, 6.07) is 2.71. The molecule has 0 radical (unpaired) electrons. The van der Waals surface area contributed by atoms with E-state index in [-0.39, 0.29) is 21.6 Å². The normalized spacial score (nSPS) is 11.5. The first-order valence-corrected chi connectivity index (χ1v) is 7.82. The summed E-state index contributed by atoms with van der Waals surface area (Å²) in [7, 11) is 0. The van der Waals surface area contributed by atoms with Gasteiger partial charge >= 0.3 is 6.18 Å². The molecule has 0 saturated carbocycles. The van der Waals surface area contributed by atoms with Crippen LogP contribution < -0.4 is 11.1 Å². The molecule has 0 fully saturated rings. The van der Waals surface area contributed by atoms with E-state index in [1.807, 2.05) is 0 Å². The van der Waals surface area contributed by atoms with Crippen LogP contribution in [0.15, 0.2) is 22.5 Å². The number of anilines is 2. The first kappa shape index (κ1) is 16.8. The van der Waals surface area contributed by atoms with E-state index in [4.69, 9.17) is 17.3 Å². The maximum atomic E-state index is 12.6. The van der Waals surface area contributed by atoms with Crippen molar-refractivity contribution in [3.8, 4) is 0 Å². The number of nitrogens with zero attached hydrogens (tertiary/aromatic N) is 2. The number of thioether (sulfide) groups is 1. The second kappa shape index (κ2) is 6.71. The Morgan fingerprint density at radius 1 is 1.41 bits per heavy atom. The third-order valence-corrected chi connectivity index (χ3v) is 4.53. The lowest BCUT2D eigenvalue weighted by Crippen LogP contribution is -2.15. The number of benzene rings is 1. The molecule has 0 bridgehead atoms. The van der Waals surface area contributed by atoms with Crippen LogP contribution in [0.1, 0.15) is 5.56 Å². The van der Waals surface area contributed by atoms with Crippen LogP contribution in [0.4, 0.5) is 24.0 Å². The Balaban J connectivity index is 2.01. The van der Waals surface area contributed by atoms with Crippen molar-refractivity contribution in [1.82, 2.24) is 10.2 Å². The molecule has 2 aromatic rings. The van der Waals surface area contributed by atoms with Gasteiger partial charge in [-0.2, -0.15) is 13.2 Å². The van der Waals surface area contributed by atoms with Crippen molar-refractivity contribution >= 4 is 51.4 Å². The summed E-state index contributed by atoms with van der Waals surface area (Å²) in [5, 5.41) is 9.91. The lowest BCUT2D eigenvalue weighted by Gasteiger charge is -2.11. The highest BCUT2D eigenvalue weighted by Crippen LogP contribution is 2.34. The number of halogens is 4. The van der Waals surface area contributed by atoms with Crippen molar-refractivity contribution < 1.29 is 18.0 Å². The maximum absolute atomic E-state index is 12.6. The molecule has 2 rings (SSSR count). The number of nitrogen functional groups attached to an aromatic ring is 1. The van der Waals surface area contributed by atoms with Crippen molar-refractivity contribution in [2.45, 2.75) is 10.5 Å². The minimum Gasteiger partial charge on any atom is -0.374 e. The third-order valence-electron chi connectivity index (χ3n) is 2.32. The molecular weight excluding hydrogens is 361 g/mol. The summed E-state index contributed by atoms with van der Waals surface area (Å²) in [5.41, 5.74) is 4.40. The largest absolute Gasteiger partial charge is 0.416 e. The van der Waals surface area contributed by atoms with Crippen LogP contribution in [-0.2, 0) is 11.0 Å². The van der Waals surface area contributed by atoms with Crippen molar-refractivity contribution in [2.24, 2.45) is 0 Å². The van der Waals surface area contributed by atoms with Crippen molar-refractivity contribution in [3.05, 3.63) is 28.8 Å². The smallest absolute Gasteiger partial charge is 0.374 e. The van der Waals surface area contributed by atoms with Gasteiger partial charge in [0, 0.05) is 0 Å². The van der Waals surface area contributed by atoms with Gasteiger partial charge in [-0.1, -0.05) is 34.7 Å². The average molecular weight is 369 g/mol. The van der Waals surface area contributed by atoms with Gasteiger partial charge in [0.25, 0.3) is 0 Å². The molecule has 0 atom stereocenters. The topological polar surface area (TPSA) is 80.9 Å². The first-order chi connectivity index (χ1) is 10.3. The summed E-state index contributed by atoms with van der Waals surface area (Å²) < 4.78 is 38.4. The van der Waals surface area contributed by atoms with E-state index in [9.17, 15) is 18.0 Å². The molecule has 118 valence electrons. The van der Waals surface area contributed by atoms with Gasteiger partial charge in [-0.15, -0.1) is 10.2 Å². The summed E-state index contributed by atoms with van der Waals surface area (Å²) in [6.45, 7) is 0. The van der Waals surface area contributed by atoms with Crippen LogP contribution in [-0.4, -0.2) is 21.9 Å². The number of hydrogen-bond acceptors (Lipinski definition) is 6. The first-order valence-electron chi connectivity index (χ1n) is 5.64. The van der Waals surface area contributed by atoms with E-state index in [1.54, 1.807) is 0 Å². The number of nitrogens with one attached hydrogen (secondary N) is 1. The number of alkyl halides is 3. The summed E-state index contributed by atoms with van der Waals surface area (Å²) in [5.74, 6) is -0.568. The van der Waals surface area contributed by atoms with Gasteiger partial charge in [0.05, 0.1) is 22.0 Å². The highest BCUT2D eigenvalue weighted by Gasteiger charge is 2.31. The Morgan fingerprint density at radius 2 is 2.14 bits per heavy atom. The lowest BCUT2D eigenvalue weighted by molar-refractivity contribution is -0.137. The number of carbonyl (C=O) groups is 1. The summed E-state index contributed by atoms with van der Waals surface area (Å²) in [4.78, 5) is 11.8. The summed E-state index contributed by atoms with van der Waals surface area (Å²) >= 11 is 7.97. The fourth-order valence-corrected chi connectivity index (χ4v) is 2.99. The van der Waals surface area contributed by atoms with Crippen molar-refractivity contribution in [2.75, 3.05) is 16.8 Å². The zero-order valence-corrected chi connectivity index (χ0v) is 13.0. The predicted molar refractivity (Wildman–Crippen MR) is 80.1 cm³/mol. The molecule has 3 N–H and O–H groups in total. The molecule has 1 heterocycles. The molecular formula is C11H8ClF3N4OS2. The van der Waals surface area contributed by atoms with Crippen LogP contribution in [0, 0.1) is 0 Å². The van der Waals surface area contributed by atoms with E-state index in [2.05, 4.69) is 15.5 Å². The third kappa shape index (κ3) is 4.49. The molecule has 0 saturated heterocycles. The highest BCUT2D eigenvalue weighted by molar-refractivity contribution is 8.01. The molecule has 0 unspecified atom stereocenters. The number of amides is 1. The predicted octanol–water partition coefficient (Wildman–Crippen LogP) is 3.52. The molecule has 5 nitrogen and oxygen atoms in total. The number of aromatic nitrogens is 2. The molecule has 22 heavy (non-hydrogen) atoms. The Hall–Kier alpha value is -1.52. The molecule has 0 spiro atoms. The van der Waals surface area contributed by atoms with Gasteiger partial charge in [0.2, 0.25) is 11.0 Å². The Kier molecular flexibility index (Phi) is 5.14. The second-order valence-corrected chi connectivity index (χ2v) is 6.57. The lowest BCUT2D eigenvalue weighted by atomic mass is 10.2. The van der Waals surface area contributed by atoms with Crippen LogP contribution in [0.2, 0.25) is 5.02 Å². The van der Waals surface area contributed by atoms with Crippen molar-refractivity contribution in [3.63, 3.8) is 0 Å². The standard InChI is InChI=1S/C11H8ClF3N4OS2/c12-6-2-1-5(11(13,14)15)3-7(6)17-8(20)4-21-10-19-18-9(16)22-10/h1-3H,4H2,(H2,16,18)(H,17,20). The number of nitrogens with two attached hydrogens (primary N) is 1. The monoisotopic (exact) mass is 368 g/mol. The number of carbonyl (C=O) groups excluding carboxylic acids is 1. The molecule has 1 amide bonds. The zero-order chi connectivity index (χ0) is 16.3. The molecule has 11 heteroatoms. The molecule has 1 aromatic carbocycles. The Labute approximate surface area is 136 Å². The average Bonchev–Trinajstić information content (AvgIpc) is 2.83. The van der Waals surface area contributed by atoms with Gasteiger partial charge in [-0.3, -0.25) is 4.79 Å². The maximum Gasteiger partial charge on any atom is 0.416 e. The van der Waals surface area contributed by atoms with Crippen LogP contribution >= 0.6 is 34.7 Å². The Morgan fingerprint density at radius 3 is 2.73 bits per heavy atom. The fourth-order valence-electron chi connectivity index (χ4n) is 1.39. The summed E-state index contributed by atoms with van der Waals surface area (Å²) in [6.07, 6.45) is -4.51. The fraction of sp³-hybridized carbons (Fsp3) is 0.182. The van der Waals surface area contributed by atoms with Gasteiger partial charge in [0.1, 0.15) is 0 Å². The Bertz CT molecular complexity index is 692. The SMILES string of the molecule is Nc1nnc(SCC(=O)Nc2cc(C(F)(F)F)ccc2Cl)s1. The van der Waals surface area contributed by atoms with Gasteiger partial charge in [0.15, 0.2) is 4.34 Å². The number of rotatable bonds is 4. The molecule has 1 aromatic heterocycles. The van der Waals surface area contributed by atoms with Crippen molar-refractivity contribution in [1.29, 1.82) is 0 Å². The van der Waals surface area contributed by atoms with Crippen LogP contribution in [0.5, 0.6) is 0 Å². The van der Waals surface area contributed by atoms with E-state index < -0.39 is 17.6 Å². The van der Waals surface area contributed by atoms with Crippen LogP contribution in [0.25, 0.3) is 0 Å². The van der Waals surface area contributed by atoms with E-state index in [0.717, 1.165) is 41.3 Å². The van der Waals surface area contributed by atoms with Gasteiger partial charge in [-0.05, 0) is 18.2 Å². The highest BCUT2D eigenvalue weighted by atomic mass is 35.5. The minimum atomic E-state index is -4.51. The van der Waals surface area contributed by atoms with Gasteiger partial charge in [-0.25, -0.2) is 0 Å². The van der Waals surface area contributed by atoms with Crippen LogP contribution in [0.3, 0.4) is 0 Å². The zero-order valence-electron chi connectivity index (χ0n) is 10.6. The van der Waals surface area contributed by atoms with E-state index >= 15 is 0 Å².